The normalized spacial score (nSPS) is 14.4. The zero-order valence-corrected chi connectivity index (χ0v) is 8.75. The SMILES string of the molecule is O=C(O)c1ccnc(C(O)C(O)CCO)c1F. The van der Waals surface area contributed by atoms with Gasteiger partial charge in [-0.05, 0) is 12.5 Å². The van der Waals surface area contributed by atoms with E-state index in [1.807, 2.05) is 0 Å². The topological polar surface area (TPSA) is 111 Å². The molecule has 17 heavy (non-hydrogen) atoms. The highest BCUT2D eigenvalue weighted by atomic mass is 19.1. The average Bonchev–Trinajstić information content (AvgIpc) is 2.28. The Kier molecular flexibility index (Phi) is 4.50. The van der Waals surface area contributed by atoms with Crippen molar-refractivity contribution in [1.29, 1.82) is 0 Å². The minimum absolute atomic E-state index is 0.167. The van der Waals surface area contributed by atoms with Crippen molar-refractivity contribution < 1.29 is 29.6 Å². The molecule has 2 atom stereocenters. The number of nitrogens with zero attached hydrogens (tertiary/aromatic N) is 1. The molecule has 0 saturated heterocycles. The van der Waals surface area contributed by atoms with Gasteiger partial charge in [0.05, 0.1) is 11.7 Å². The molecule has 2 unspecified atom stereocenters. The first-order valence-electron chi connectivity index (χ1n) is 4.83. The highest BCUT2D eigenvalue weighted by molar-refractivity contribution is 5.87. The molecular formula is C10H12FNO5. The molecule has 1 rings (SSSR count). The predicted octanol–water partition coefficient (Wildman–Crippen LogP) is -0.304. The van der Waals surface area contributed by atoms with Crippen LogP contribution in [0.25, 0.3) is 0 Å². The minimum Gasteiger partial charge on any atom is -0.478 e. The van der Waals surface area contributed by atoms with Gasteiger partial charge in [0.2, 0.25) is 0 Å². The van der Waals surface area contributed by atoms with Crippen LogP contribution in [0.1, 0.15) is 28.6 Å². The van der Waals surface area contributed by atoms with Gasteiger partial charge in [-0.1, -0.05) is 0 Å². The molecule has 0 fully saturated rings. The Balaban J connectivity index is 3.06. The zero-order valence-electron chi connectivity index (χ0n) is 8.75. The van der Waals surface area contributed by atoms with E-state index in [9.17, 15) is 19.4 Å². The number of hydrogen-bond donors (Lipinski definition) is 4. The van der Waals surface area contributed by atoms with Gasteiger partial charge >= 0.3 is 5.97 Å². The molecule has 0 bridgehead atoms. The van der Waals surface area contributed by atoms with Gasteiger partial charge in [-0.2, -0.15) is 0 Å². The fourth-order valence-electron chi connectivity index (χ4n) is 1.30. The van der Waals surface area contributed by atoms with E-state index >= 15 is 0 Å². The molecule has 0 aliphatic carbocycles. The molecular weight excluding hydrogens is 233 g/mol. The number of halogens is 1. The summed E-state index contributed by atoms with van der Waals surface area (Å²) in [6.07, 6.45) is -2.23. The number of pyridine rings is 1. The standard InChI is InChI=1S/C10H12FNO5/c11-7-5(10(16)17)1-3-12-8(7)9(15)6(14)2-4-13/h1,3,6,9,13-15H,2,4H2,(H,16,17). The fourth-order valence-corrected chi connectivity index (χ4v) is 1.30. The van der Waals surface area contributed by atoms with Crippen LogP contribution in [-0.2, 0) is 0 Å². The van der Waals surface area contributed by atoms with Crippen molar-refractivity contribution in [3.8, 4) is 0 Å². The first-order valence-corrected chi connectivity index (χ1v) is 4.83. The number of aromatic carboxylic acids is 1. The number of carboxylic acid groups (broad SMARTS) is 1. The third-order valence-electron chi connectivity index (χ3n) is 2.22. The second-order valence-corrected chi connectivity index (χ2v) is 3.39. The molecule has 94 valence electrons. The third-order valence-corrected chi connectivity index (χ3v) is 2.22. The summed E-state index contributed by atoms with van der Waals surface area (Å²) in [5.41, 5.74) is -1.18. The van der Waals surface area contributed by atoms with E-state index in [0.717, 1.165) is 12.3 Å². The molecule has 0 saturated carbocycles. The molecule has 1 aromatic rings. The van der Waals surface area contributed by atoms with Crippen LogP contribution in [0.5, 0.6) is 0 Å². The first kappa shape index (κ1) is 13.5. The number of hydrogen-bond acceptors (Lipinski definition) is 5. The lowest BCUT2D eigenvalue weighted by Gasteiger charge is -2.17. The van der Waals surface area contributed by atoms with Gasteiger partial charge in [0.15, 0.2) is 5.82 Å². The molecule has 0 amide bonds. The van der Waals surface area contributed by atoms with Crippen molar-refractivity contribution in [3.63, 3.8) is 0 Å². The van der Waals surface area contributed by atoms with Gasteiger partial charge in [-0.15, -0.1) is 0 Å². The second kappa shape index (κ2) is 5.67. The van der Waals surface area contributed by atoms with E-state index in [1.54, 1.807) is 0 Å². The maximum atomic E-state index is 13.6. The Morgan fingerprint density at radius 1 is 1.47 bits per heavy atom. The van der Waals surface area contributed by atoms with E-state index in [2.05, 4.69) is 4.98 Å². The lowest BCUT2D eigenvalue weighted by atomic mass is 10.0. The van der Waals surface area contributed by atoms with Gasteiger partial charge < -0.3 is 20.4 Å². The quantitative estimate of drug-likeness (QED) is 0.566. The number of aliphatic hydroxyl groups excluding tert-OH is 3. The molecule has 0 aliphatic rings. The van der Waals surface area contributed by atoms with E-state index < -0.39 is 41.9 Å². The molecule has 0 aromatic carbocycles. The van der Waals surface area contributed by atoms with Crippen LogP contribution >= 0.6 is 0 Å². The smallest absolute Gasteiger partial charge is 0.338 e. The van der Waals surface area contributed by atoms with Crippen LogP contribution < -0.4 is 0 Å². The lowest BCUT2D eigenvalue weighted by Crippen LogP contribution is -2.22. The molecule has 4 N–H and O–H groups in total. The number of aromatic nitrogens is 1. The minimum atomic E-state index is -1.68. The molecule has 6 nitrogen and oxygen atoms in total. The maximum Gasteiger partial charge on any atom is 0.338 e. The first-order chi connectivity index (χ1) is 7.99. The second-order valence-electron chi connectivity index (χ2n) is 3.39. The summed E-state index contributed by atoms with van der Waals surface area (Å²) in [7, 11) is 0. The Hall–Kier alpha value is -1.57. The Bertz CT molecular complexity index is 412. The number of rotatable bonds is 5. The van der Waals surface area contributed by atoms with E-state index in [-0.39, 0.29) is 6.42 Å². The summed E-state index contributed by atoms with van der Waals surface area (Å²) < 4.78 is 13.6. The molecule has 1 heterocycles. The number of carboxylic acids is 1. The lowest BCUT2D eigenvalue weighted by molar-refractivity contribution is -0.000261. The van der Waals surface area contributed by atoms with Crippen LogP contribution in [0.2, 0.25) is 0 Å². The van der Waals surface area contributed by atoms with Gasteiger partial charge in [0, 0.05) is 12.8 Å². The van der Waals surface area contributed by atoms with E-state index in [0.29, 0.717) is 0 Å². The summed E-state index contributed by atoms with van der Waals surface area (Å²) >= 11 is 0. The Morgan fingerprint density at radius 3 is 2.65 bits per heavy atom. The monoisotopic (exact) mass is 245 g/mol. The van der Waals surface area contributed by atoms with Gasteiger partial charge in [0.25, 0.3) is 0 Å². The van der Waals surface area contributed by atoms with Crippen LogP contribution in [-0.4, -0.2) is 44.1 Å². The highest BCUT2D eigenvalue weighted by Crippen LogP contribution is 2.21. The fraction of sp³-hybridized carbons (Fsp3) is 0.400. The predicted molar refractivity (Wildman–Crippen MR) is 53.8 cm³/mol. The summed E-state index contributed by atoms with van der Waals surface area (Å²) in [6.45, 7) is -0.390. The van der Waals surface area contributed by atoms with Crippen molar-refractivity contribution in [1.82, 2.24) is 4.98 Å². The maximum absolute atomic E-state index is 13.6. The van der Waals surface area contributed by atoms with Crippen molar-refractivity contribution in [2.45, 2.75) is 18.6 Å². The van der Waals surface area contributed by atoms with Crippen molar-refractivity contribution in [3.05, 3.63) is 29.3 Å². The van der Waals surface area contributed by atoms with Crippen molar-refractivity contribution >= 4 is 5.97 Å². The van der Waals surface area contributed by atoms with Gasteiger partial charge in [-0.3, -0.25) is 4.98 Å². The van der Waals surface area contributed by atoms with Crippen LogP contribution in [0.15, 0.2) is 12.3 Å². The summed E-state index contributed by atoms with van der Waals surface area (Å²) in [5, 5.41) is 36.1. The molecule has 0 spiro atoms. The Labute approximate surface area is 96.0 Å². The zero-order chi connectivity index (χ0) is 13.0. The number of carbonyl (C=O) groups is 1. The summed E-state index contributed by atoms with van der Waals surface area (Å²) in [4.78, 5) is 14.1. The highest BCUT2D eigenvalue weighted by Gasteiger charge is 2.25. The molecule has 1 aromatic heterocycles. The third kappa shape index (κ3) is 2.96. The van der Waals surface area contributed by atoms with Crippen molar-refractivity contribution in [2.24, 2.45) is 0 Å². The van der Waals surface area contributed by atoms with Crippen LogP contribution in [0, 0.1) is 5.82 Å². The van der Waals surface area contributed by atoms with Crippen LogP contribution in [0.4, 0.5) is 4.39 Å². The van der Waals surface area contributed by atoms with E-state index in [4.69, 9.17) is 10.2 Å². The largest absolute Gasteiger partial charge is 0.478 e. The summed E-state index contributed by atoms with van der Waals surface area (Å²) in [5.74, 6) is -2.68. The Morgan fingerprint density at radius 2 is 2.12 bits per heavy atom. The average molecular weight is 245 g/mol. The van der Waals surface area contributed by atoms with Crippen molar-refractivity contribution in [2.75, 3.05) is 6.61 Å². The number of aliphatic hydroxyl groups is 3. The molecule has 0 radical (unpaired) electrons. The van der Waals surface area contributed by atoms with E-state index in [1.165, 1.54) is 0 Å². The van der Waals surface area contributed by atoms with Gasteiger partial charge in [0.1, 0.15) is 11.8 Å². The van der Waals surface area contributed by atoms with Gasteiger partial charge in [-0.25, -0.2) is 9.18 Å². The molecule has 0 aliphatic heterocycles. The van der Waals surface area contributed by atoms with Crippen LogP contribution in [0.3, 0.4) is 0 Å². The summed E-state index contributed by atoms with van der Waals surface area (Å²) in [6, 6.07) is 0.951. The molecule has 7 heteroatoms.